The Bertz CT molecular complexity index is 1080. The minimum absolute atomic E-state index is 0.122. The molecule has 2 saturated carbocycles. The Hall–Kier alpha value is -1.41. The van der Waals surface area contributed by atoms with Gasteiger partial charge in [-0.3, -0.25) is 9.69 Å². The fourth-order valence-corrected chi connectivity index (χ4v) is 8.52. The van der Waals surface area contributed by atoms with Crippen molar-refractivity contribution in [2.45, 2.75) is 94.5 Å². The molecule has 3 aliphatic heterocycles. The smallest absolute Gasteiger partial charge is 0.261 e. The van der Waals surface area contributed by atoms with Crippen molar-refractivity contribution >= 4 is 22.8 Å². The predicted octanol–water partition coefficient (Wildman–Crippen LogP) is 5.11. The van der Waals surface area contributed by atoms with Gasteiger partial charge in [-0.25, -0.2) is 4.99 Å². The molecule has 7 heteroatoms. The summed E-state index contributed by atoms with van der Waals surface area (Å²) in [7, 11) is 1.84. The predicted molar refractivity (Wildman–Crippen MR) is 149 cm³/mol. The van der Waals surface area contributed by atoms with Gasteiger partial charge < -0.3 is 14.2 Å². The number of aryl methyl sites for hydroxylation is 1. The largest absolute Gasteiger partial charge is 0.381 e. The first kappa shape index (κ1) is 25.6. The number of hydrogen-bond acceptors (Lipinski definition) is 6. The Labute approximate surface area is 231 Å². The topological polar surface area (TPSA) is 60.4 Å². The maximum absolute atomic E-state index is 14.8. The number of amidine groups is 1. The fourth-order valence-electron chi connectivity index (χ4n) is 7.40. The molecule has 0 aromatic heterocycles. The third-order valence-electron chi connectivity index (χ3n) is 10.1. The number of benzene rings is 1. The minimum atomic E-state index is -0.808. The monoisotopic (exact) mass is 538 g/mol. The highest BCUT2D eigenvalue weighted by atomic mass is 32.2. The Morgan fingerprint density at radius 1 is 1.11 bits per heavy atom. The molecule has 3 aliphatic carbocycles. The second-order valence-electron chi connectivity index (χ2n) is 12.5. The third kappa shape index (κ3) is 4.65. The van der Waals surface area contributed by atoms with Gasteiger partial charge >= 0.3 is 0 Å². The number of carbonyl (C=O) groups excluding carboxylic acids is 1. The molecule has 3 heterocycles. The first-order chi connectivity index (χ1) is 18.6. The Balaban J connectivity index is 1.26. The summed E-state index contributed by atoms with van der Waals surface area (Å²) in [6.45, 7) is 2.26. The van der Waals surface area contributed by atoms with Crippen molar-refractivity contribution in [3.05, 3.63) is 34.9 Å². The lowest BCUT2D eigenvalue weighted by atomic mass is 9.69. The van der Waals surface area contributed by atoms with Gasteiger partial charge in [-0.2, -0.15) is 0 Å². The maximum Gasteiger partial charge on any atom is 0.261 e. The van der Waals surface area contributed by atoms with Gasteiger partial charge in [0, 0.05) is 32.0 Å². The zero-order valence-electron chi connectivity index (χ0n) is 22.7. The minimum Gasteiger partial charge on any atom is -0.381 e. The van der Waals surface area contributed by atoms with Crippen LogP contribution in [0.5, 0.6) is 0 Å². The zero-order valence-corrected chi connectivity index (χ0v) is 23.6. The molecule has 6 nitrogen and oxygen atoms in total. The van der Waals surface area contributed by atoms with Gasteiger partial charge in [0.15, 0.2) is 10.7 Å². The maximum atomic E-state index is 14.8. The van der Waals surface area contributed by atoms with E-state index in [2.05, 4.69) is 18.2 Å². The van der Waals surface area contributed by atoms with E-state index < -0.39 is 5.54 Å². The SMILES string of the molecule is COC1CCCC(C2Cc3ccc(CCC4CC4)cc3C23N=C(SCC2CCO2)N(CC2CCO2)C3=O)C1. The van der Waals surface area contributed by atoms with E-state index in [1.54, 1.807) is 11.8 Å². The highest BCUT2D eigenvalue weighted by Crippen LogP contribution is 2.55. The summed E-state index contributed by atoms with van der Waals surface area (Å²) >= 11 is 1.72. The van der Waals surface area contributed by atoms with Crippen molar-refractivity contribution in [2.24, 2.45) is 22.7 Å². The lowest BCUT2D eigenvalue weighted by Gasteiger charge is -2.39. The molecule has 6 unspecified atom stereocenters. The lowest BCUT2D eigenvalue weighted by molar-refractivity contribution is -0.138. The lowest BCUT2D eigenvalue weighted by Crippen LogP contribution is -2.50. The van der Waals surface area contributed by atoms with Crippen LogP contribution in [-0.2, 0) is 37.4 Å². The van der Waals surface area contributed by atoms with Crippen LogP contribution in [0.1, 0.15) is 74.5 Å². The molecule has 7 rings (SSSR count). The van der Waals surface area contributed by atoms with E-state index in [-0.39, 0.29) is 30.1 Å². The quantitative estimate of drug-likeness (QED) is 0.437. The molecule has 1 aromatic carbocycles. The number of amides is 1. The van der Waals surface area contributed by atoms with Crippen molar-refractivity contribution in [1.82, 2.24) is 4.90 Å². The first-order valence-corrected chi connectivity index (χ1v) is 16.1. The molecule has 1 spiro atoms. The summed E-state index contributed by atoms with van der Waals surface area (Å²) in [5.74, 6) is 2.57. The molecule has 0 bridgehead atoms. The van der Waals surface area contributed by atoms with Crippen molar-refractivity contribution in [1.29, 1.82) is 0 Å². The molecule has 4 fully saturated rings. The fraction of sp³-hybridized carbons (Fsp3) is 0.742. The summed E-state index contributed by atoms with van der Waals surface area (Å²) in [5.41, 5.74) is 3.08. The van der Waals surface area contributed by atoms with Crippen LogP contribution in [0.3, 0.4) is 0 Å². The summed E-state index contributed by atoms with van der Waals surface area (Å²) in [4.78, 5) is 22.3. The second-order valence-corrected chi connectivity index (χ2v) is 13.5. The van der Waals surface area contributed by atoms with Crippen molar-refractivity contribution in [2.75, 3.05) is 32.6 Å². The van der Waals surface area contributed by atoms with E-state index in [0.29, 0.717) is 12.5 Å². The highest BCUT2D eigenvalue weighted by molar-refractivity contribution is 8.13. The van der Waals surface area contributed by atoms with Gasteiger partial charge in [-0.05, 0) is 79.9 Å². The number of methoxy groups -OCH3 is 1. The van der Waals surface area contributed by atoms with E-state index in [1.165, 1.54) is 36.0 Å². The van der Waals surface area contributed by atoms with Gasteiger partial charge in [-0.15, -0.1) is 0 Å². The number of fused-ring (bicyclic) bond motifs is 2. The molecule has 6 aliphatic rings. The van der Waals surface area contributed by atoms with Crippen LogP contribution < -0.4 is 0 Å². The highest BCUT2D eigenvalue weighted by Gasteiger charge is 2.61. The van der Waals surface area contributed by atoms with Gasteiger partial charge in [0.1, 0.15) is 0 Å². The Morgan fingerprint density at radius 2 is 1.92 bits per heavy atom. The van der Waals surface area contributed by atoms with Crippen LogP contribution in [-0.4, -0.2) is 66.9 Å². The van der Waals surface area contributed by atoms with Crippen LogP contribution in [0.2, 0.25) is 0 Å². The van der Waals surface area contributed by atoms with Crippen molar-refractivity contribution < 1.29 is 19.0 Å². The normalized spacial score (nSPS) is 36.2. The van der Waals surface area contributed by atoms with E-state index in [1.807, 2.05) is 12.0 Å². The van der Waals surface area contributed by atoms with Crippen LogP contribution in [0.15, 0.2) is 23.2 Å². The van der Waals surface area contributed by atoms with Gasteiger partial charge in [-0.1, -0.05) is 49.2 Å². The number of carbonyl (C=O) groups is 1. The average Bonchev–Trinajstić information content (AvgIpc) is 3.61. The number of nitrogens with zero attached hydrogens (tertiary/aromatic N) is 2. The number of hydrogen-bond donors (Lipinski definition) is 0. The Morgan fingerprint density at radius 3 is 2.63 bits per heavy atom. The van der Waals surface area contributed by atoms with Crippen LogP contribution >= 0.6 is 11.8 Å². The van der Waals surface area contributed by atoms with Gasteiger partial charge in [0.25, 0.3) is 5.91 Å². The first-order valence-electron chi connectivity index (χ1n) is 15.1. The van der Waals surface area contributed by atoms with Gasteiger partial charge in [0.2, 0.25) is 0 Å². The molecule has 2 saturated heterocycles. The average molecular weight is 539 g/mol. The summed E-state index contributed by atoms with van der Waals surface area (Å²) in [5, 5.41) is 0.890. The van der Waals surface area contributed by atoms with Crippen LogP contribution in [0, 0.1) is 17.8 Å². The molecule has 1 aromatic rings. The molecular formula is C31H42N2O4S. The second kappa shape index (κ2) is 10.5. The summed E-state index contributed by atoms with van der Waals surface area (Å²) in [6.07, 6.45) is 13.3. The molecule has 6 atom stereocenters. The third-order valence-corrected chi connectivity index (χ3v) is 11.2. The number of rotatable bonds is 9. The standard InChI is InChI=1S/C31H42N2O4S/c1-35-24-4-2-3-22(16-24)28-17-23-10-9-21(8-7-20-5-6-20)15-27(23)31(28)29(34)33(18-25-11-13-36-25)30(32-31)38-19-26-12-14-37-26/h9-10,15,20,22,24-26,28H,2-8,11-14,16-19H2,1H3. The molecule has 0 N–H and O–H groups in total. The van der Waals surface area contributed by atoms with Crippen LogP contribution in [0.25, 0.3) is 0 Å². The molecule has 206 valence electrons. The number of ether oxygens (including phenoxy) is 3. The van der Waals surface area contributed by atoms with E-state index >= 15 is 0 Å². The van der Waals surface area contributed by atoms with Gasteiger partial charge in [0.05, 0.1) is 24.9 Å². The van der Waals surface area contributed by atoms with E-state index in [9.17, 15) is 4.79 Å². The molecular weight excluding hydrogens is 496 g/mol. The van der Waals surface area contributed by atoms with E-state index in [4.69, 9.17) is 19.2 Å². The van der Waals surface area contributed by atoms with Crippen molar-refractivity contribution in [3.63, 3.8) is 0 Å². The summed E-state index contributed by atoms with van der Waals surface area (Å²) < 4.78 is 17.4. The number of thioether (sulfide) groups is 1. The van der Waals surface area contributed by atoms with E-state index in [0.717, 1.165) is 81.4 Å². The Kier molecular flexibility index (Phi) is 7.08. The van der Waals surface area contributed by atoms with Crippen molar-refractivity contribution in [3.8, 4) is 0 Å². The zero-order chi connectivity index (χ0) is 25.7. The molecule has 38 heavy (non-hydrogen) atoms. The molecule has 1 amide bonds. The molecule has 0 radical (unpaired) electrons. The summed E-state index contributed by atoms with van der Waals surface area (Å²) in [6, 6.07) is 7.02. The van der Waals surface area contributed by atoms with Crippen LogP contribution in [0.4, 0.5) is 0 Å². The number of aliphatic imine (C=N–C) groups is 1.